The number of fused-ring (bicyclic) bond motifs is 7. The Kier molecular flexibility index (Phi) is 4.95. The highest BCUT2D eigenvalue weighted by molar-refractivity contribution is 6.24. The van der Waals surface area contributed by atoms with E-state index in [0.717, 1.165) is 41.1 Å². The quantitative estimate of drug-likeness (QED) is 0.174. The first-order valence-corrected chi connectivity index (χ1v) is 16.0. The Hall–Kier alpha value is -4.08. The molecule has 11 rings (SSSR count). The monoisotopic (exact) mass is 555 g/mol. The Morgan fingerprint density at radius 1 is 0.535 bits per heavy atom. The maximum absolute atomic E-state index is 9.75. The van der Waals surface area contributed by atoms with Gasteiger partial charge in [-0.1, -0.05) is 97.1 Å². The third-order valence-electron chi connectivity index (χ3n) is 11.9. The van der Waals surface area contributed by atoms with Gasteiger partial charge < -0.3 is 9.68 Å². The Morgan fingerprint density at radius 3 is 1.65 bits per heavy atom. The van der Waals surface area contributed by atoms with E-state index in [9.17, 15) is 5.02 Å². The van der Waals surface area contributed by atoms with E-state index < -0.39 is 0 Å². The standard InChI is InChI=1S/C40H32BO2/c42-41-43-39-31-13-5-3-11-29(31)37(30-12-4-6-14-32(30)39)34-22-36-38(28-10-2-1-9-27(28)34)33-15-7-8-16-35(33)40(36)25-18-23-17-24(20-25)21-26(40)19-23/h1-16,22-26,42H,17-21H2. The molecule has 5 aliphatic rings. The Balaban J connectivity index is 1.37. The maximum Gasteiger partial charge on any atom is 0.569 e. The van der Waals surface area contributed by atoms with Gasteiger partial charge in [-0.3, -0.25) is 0 Å². The van der Waals surface area contributed by atoms with E-state index in [0.29, 0.717) is 17.6 Å². The summed E-state index contributed by atoms with van der Waals surface area (Å²) in [5, 5.41) is 16.7. The minimum absolute atomic E-state index is 0.0959. The topological polar surface area (TPSA) is 29.5 Å². The van der Waals surface area contributed by atoms with E-state index in [4.69, 9.17) is 4.65 Å². The molecule has 207 valence electrons. The van der Waals surface area contributed by atoms with Crippen LogP contribution < -0.4 is 4.65 Å². The SMILES string of the molecule is O[B]Oc1c2ccccc2c(-c2cc3c(c4ccccc24)-c2ccccc2C32C3CC4CC(C3)CC2C4)c2ccccc12. The van der Waals surface area contributed by atoms with E-state index in [1.807, 2.05) is 0 Å². The zero-order valence-corrected chi connectivity index (χ0v) is 24.1. The van der Waals surface area contributed by atoms with Crippen molar-refractivity contribution in [3.05, 3.63) is 114 Å². The molecule has 4 saturated carbocycles. The molecule has 0 unspecified atom stereocenters. The van der Waals surface area contributed by atoms with Crippen molar-refractivity contribution in [2.75, 3.05) is 0 Å². The molecule has 4 bridgehead atoms. The molecule has 5 aliphatic carbocycles. The summed E-state index contributed by atoms with van der Waals surface area (Å²) in [6, 6.07) is 38.2. The third-order valence-corrected chi connectivity index (χ3v) is 11.9. The molecule has 6 aromatic rings. The molecule has 4 fully saturated rings. The zero-order valence-electron chi connectivity index (χ0n) is 24.1. The molecule has 1 N–H and O–H groups in total. The lowest BCUT2D eigenvalue weighted by atomic mass is 9.43. The van der Waals surface area contributed by atoms with E-state index >= 15 is 0 Å². The van der Waals surface area contributed by atoms with E-state index in [-0.39, 0.29) is 5.41 Å². The summed E-state index contributed by atoms with van der Waals surface area (Å²) in [7, 11) is 0.812. The summed E-state index contributed by atoms with van der Waals surface area (Å²) in [5.74, 6) is 3.95. The highest BCUT2D eigenvalue weighted by Gasteiger charge is 2.61. The van der Waals surface area contributed by atoms with E-state index in [2.05, 4.69) is 103 Å². The fraction of sp³-hybridized carbons (Fsp3) is 0.250. The average Bonchev–Trinajstić information content (AvgIpc) is 3.34. The molecule has 0 heterocycles. The van der Waals surface area contributed by atoms with E-state index in [1.165, 1.54) is 65.1 Å². The molecule has 0 saturated heterocycles. The number of rotatable bonds is 3. The van der Waals surface area contributed by atoms with Crippen LogP contribution >= 0.6 is 0 Å². The molecule has 1 spiro atoms. The summed E-state index contributed by atoms with van der Waals surface area (Å²) in [5.41, 5.74) is 8.77. The summed E-state index contributed by atoms with van der Waals surface area (Å²) < 4.78 is 5.81. The first-order chi connectivity index (χ1) is 21.3. The van der Waals surface area contributed by atoms with Gasteiger partial charge in [0, 0.05) is 16.2 Å². The van der Waals surface area contributed by atoms with Gasteiger partial charge in [0.25, 0.3) is 0 Å². The van der Waals surface area contributed by atoms with Crippen molar-refractivity contribution in [2.24, 2.45) is 23.7 Å². The Bertz CT molecular complexity index is 2040. The predicted octanol–water partition coefficient (Wildman–Crippen LogP) is 9.44. The number of hydrogen-bond donors (Lipinski definition) is 1. The molecule has 43 heavy (non-hydrogen) atoms. The van der Waals surface area contributed by atoms with Crippen LogP contribution in [0.2, 0.25) is 0 Å². The highest BCUT2D eigenvalue weighted by Crippen LogP contribution is 2.70. The van der Waals surface area contributed by atoms with Crippen molar-refractivity contribution in [2.45, 2.75) is 37.5 Å². The molecule has 1 radical (unpaired) electrons. The van der Waals surface area contributed by atoms with Gasteiger partial charge in [-0.15, -0.1) is 0 Å². The van der Waals surface area contributed by atoms with Crippen LogP contribution in [0.4, 0.5) is 0 Å². The molecule has 2 nitrogen and oxygen atoms in total. The van der Waals surface area contributed by atoms with Gasteiger partial charge in [0.05, 0.1) is 0 Å². The molecule has 0 amide bonds. The van der Waals surface area contributed by atoms with Crippen LogP contribution in [0.15, 0.2) is 103 Å². The smallest absolute Gasteiger partial charge is 0.537 e. The average molecular weight is 556 g/mol. The lowest BCUT2D eigenvalue weighted by Crippen LogP contribution is -2.55. The number of hydrogen-bond acceptors (Lipinski definition) is 2. The van der Waals surface area contributed by atoms with Gasteiger partial charge in [-0.05, 0) is 117 Å². The van der Waals surface area contributed by atoms with Crippen LogP contribution in [0, 0.1) is 23.7 Å². The fourth-order valence-corrected chi connectivity index (χ4v) is 10.8. The van der Waals surface area contributed by atoms with Crippen LogP contribution in [-0.4, -0.2) is 12.7 Å². The second-order valence-corrected chi connectivity index (χ2v) is 13.6. The second-order valence-electron chi connectivity index (χ2n) is 13.6. The minimum Gasteiger partial charge on any atom is -0.537 e. The van der Waals surface area contributed by atoms with E-state index in [1.54, 1.807) is 11.1 Å². The van der Waals surface area contributed by atoms with Gasteiger partial charge in [-0.2, -0.15) is 0 Å². The summed E-state index contributed by atoms with van der Waals surface area (Å²) in [6.07, 6.45) is 6.95. The lowest BCUT2D eigenvalue weighted by Gasteiger charge is -2.61. The summed E-state index contributed by atoms with van der Waals surface area (Å²) >= 11 is 0. The first kappa shape index (κ1) is 24.4. The normalized spacial score (nSPS) is 26.3. The molecular formula is C40H32BO2. The van der Waals surface area contributed by atoms with Crippen LogP contribution in [0.3, 0.4) is 0 Å². The second kappa shape index (κ2) is 8.74. The lowest BCUT2D eigenvalue weighted by molar-refractivity contribution is -0.0399. The van der Waals surface area contributed by atoms with Crippen molar-refractivity contribution in [3.63, 3.8) is 0 Å². The van der Waals surface area contributed by atoms with Gasteiger partial charge in [0.15, 0.2) is 0 Å². The molecule has 0 aromatic heterocycles. The Labute approximate surface area is 252 Å². The van der Waals surface area contributed by atoms with Crippen molar-refractivity contribution in [1.82, 2.24) is 0 Å². The fourth-order valence-electron chi connectivity index (χ4n) is 10.8. The molecule has 0 aliphatic heterocycles. The number of benzene rings is 6. The van der Waals surface area contributed by atoms with Gasteiger partial charge in [0.1, 0.15) is 5.75 Å². The summed E-state index contributed by atoms with van der Waals surface area (Å²) in [4.78, 5) is 0. The third kappa shape index (κ3) is 3.04. The van der Waals surface area contributed by atoms with Crippen LogP contribution in [0.25, 0.3) is 54.6 Å². The maximum atomic E-state index is 9.75. The largest absolute Gasteiger partial charge is 0.569 e. The first-order valence-electron chi connectivity index (χ1n) is 16.0. The van der Waals surface area contributed by atoms with Gasteiger partial charge in [-0.25, -0.2) is 0 Å². The van der Waals surface area contributed by atoms with Gasteiger partial charge in [0.2, 0.25) is 0 Å². The van der Waals surface area contributed by atoms with Crippen molar-refractivity contribution >= 4 is 40.0 Å². The van der Waals surface area contributed by atoms with Gasteiger partial charge >= 0.3 is 7.69 Å². The summed E-state index contributed by atoms with van der Waals surface area (Å²) in [6.45, 7) is 0. The highest BCUT2D eigenvalue weighted by atomic mass is 16.5. The molecular weight excluding hydrogens is 523 g/mol. The molecule has 6 aromatic carbocycles. The minimum atomic E-state index is 0.0959. The Morgan fingerprint density at radius 2 is 1.05 bits per heavy atom. The zero-order chi connectivity index (χ0) is 28.3. The van der Waals surface area contributed by atoms with Crippen LogP contribution in [0.5, 0.6) is 5.75 Å². The molecule has 0 atom stereocenters. The van der Waals surface area contributed by atoms with Crippen LogP contribution in [-0.2, 0) is 5.41 Å². The van der Waals surface area contributed by atoms with Crippen molar-refractivity contribution < 1.29 is 9.68 Å². The molecule has 3 heteroatoms. The predicted molar refractivity (Wildman–Crippen MR) is 176 cm³/mol. The van der Waals surface area contributed by atoms with Crippen molar-refractivity contribution in [1.29, 1.82) is 0 Å². The van der Waals surface area contributed by atoms with Crippen molar-refractivity contribution in [3.8, 4) is 28.0 Å². The van der Waals surface area contributed by atoms with Crippen LogP contribution in [0.1, 0.15) is 43.2 Å².